The summed E-state index contributed by atoms with van der Waals surface area (Å²) in [5.74, 6) is -0.581. The quantitative estimate of drug-likeness (QED) is 0.248. The van der Waals surface area contributed by atoms with E-state index in [4.69, 9.17) is 4.52 Å². The molecule has 0 fully saturated rings. The van der Waals surface area contributed by atoms with Crippen LogP contribution in [0.3, 0.4) is 0 Å². The van der Waals surface area contributed by atoms with Gasteiger partial charge in [0.25, 0.3) is 0 Å². The number of phosphoric acid groups is 1. The van der Waals surface area contributed by atoms with Gasteiger partial charge in [-0.05, 0) is 38.5 Å². The van der Waals surface area contributed by atoms with Gasteiger partial charge in [-0.25, -0.2) is 4.57 Å². The Balaban J connectivity index is 0. The number of carbonyl (C=O) groups excluding carboxylic acids is 3. The molecule has 172 valence electrons. The van der Waals surface area contributed by atoms with Gasteiger partial charge >= 0.3 is 7.82 Å². The van der Waals surface area contributed by atoms with E-state index in [2.05, 4.69) is 25.0 Å². The summed E-state index contributed by atoms with van der Waals surface area (Å²) in [6, 6.07) is -0.590. The first kappa shape index (κ1) is 29.7. The molecule has 0 rings (SSSR count). The smallest absolute Gasteiger partial charge is 0.356 e. The average molecular weight is 439 g/mol. The third kappa shape index (κ3) is 16.0. The van der Waals surface area contributed by atoms with Crippen molar-refractivity contribution in [2.75, 3.05) is 33.9 Å². The van der Waals surface area contributed by atoms with Crippen LogP contribution < -0.4 is 16.0 Å². The highest BCUT2D eigenvalue weighted by Crippen LogP contribution is 2.47. The lowest BCUT2D eigenvalue weighted by Crippen LogP contribution is -2.46. The molecule has 0 saturated heterocycles. The minimum absolute atomic E-state index is 0. The molecule has 0 heterocycles. The second kappa shape index (κ2) is 17.4. The monoisotopic (exact) mass is 439 g/mol. The molecule has 3 amide bonds. The van der Waals surface area contributed by atoms with Crippen LogP contribution in [0.15, 0.2) is 0 Å². The third-order valence-corrected chi connectivity index (χ3v) is 5.20. The van der Waals surface area contributed by atoms with E-state index < -0.39 is 13.9 Å². The molecule has 3 N–H and O–H groups in total. The molecule has 0 aromatic rings. The van der Waals surface area contributed by atoms with Gasteiger partial charge < -0.3 is 16.0 Å². The molecule has 0 aliphatic rings. The van der Waals surface area contributed by atoms with Gasteiger partial charge in [-0.2, -0.15) is 0 Å². The summed E-state index contributed by atoms with van der Waals surface area (Å²) in [5.41, 5.74) is 0. The largest absolute Gasteiger partial charge is 0.474 e. The standard InChI is InChI=1S/C17H34N3O7P.CH4/c1-14(21)18-11-8-6-10-16(20-15(2)22)17(23)19-12-7-5-9-13-27-28(24,25-3)26-4;/h16H,5-13H2,1-4H3,(H,18,21)(H,19,23)(H,20,22);1H4. The van der Waals surface area contributed by atoms with Crippen LogP contribution in [0.1, 0.15) is 59.8 Å². The zero-order valence-electron chi connectivity index (χ0n) is 17.2. The molecular formula is C18H38N3O7P. The van der Waals surface area contributed by atoms with Crippen LogP contribution in [0.5, 0.6) is 0 Å². The molecule has 11 heteroatoms. The summed E-state index contributed by atoms with van der Waals surface area (Å²) in [6.45, 7) is 4.07. The fourth-order valence-corrected chi connectivity index (χ4v) is 3.06. The lowest BCUT2D eigenvalue weighted by Gasteiger charge is -2.17. The number of phosphoric ester groups is 1. The number of rotatable bonds is 16. The van der Waals surface area contributed by atoms with Crippen LogP contribution in [0.25, 0.3) is 0 Å². The van der Waals surface area contributed by atoms with Crippen molar-refractivity contribution in [1.82, 2.24) is 16.0 Å². The maximum atomic E-state index is 12.3. The number of hydrogen-bond acceptors (Lipinski definition) is 7. The Kier molecular flexibility index (Phi) is 17.8. The first-order valence-electron chi connectivity index (χ1n) is 9.39. The third-order valence-electron chi connectivity index (χ3n) is 3.80. The zero-order chi connectivity index (χ0) is 21.4. The fraction of sp³-hybridized carbons (Fsp3) is 0.833. The number of carbonyl (C=O) groups is 3. The Labute approximate surface area is 174 Å². The molecule has 29 heavy (non-hydrogen) atoms. The van der Waals surface area contributed by atoms with E-state index in [1.165, 1.54) is 28.1 Å². The normalized spacial score (nSPS) is 11.9. The molecule has 0 aromatic heterocycles. The van der Waals surface area contributed by atoms with E-state index >= 15 is 0 Å². The summed E-state index contributed by atoms with van der Waals surface area (Å²) in [7, 11) is -0.924. The lowest BCUT2D eigenvalue weighted by molar-refractivity contribution is -0.128. The summed E-state index contributed by atoms with van der Waals surface area (Å²) < 4.78 is 26.1. The van der Waals surface area contributed by atoms with E-state index in [1.807, 2.05) is 0 Å². The summed E-state index contributed by atoms with van der Waals surface area (Å²) >= 11 is 0. The molecule has 0 aliphatic heterocycles. The van der Waals surface area contributed by atoms with Crippen molar-refractivity contribution in [3.63, 3.8) is 0 Å². The molecule has 0 aromatic carbocycles. The van der Waals surface area contributed by atoms with Crippen molar-refractivity contribution in [1.29, 1.82) is 0 Å². The number of hydrogen-bond donors (Lipinski definition) is 3. The second-order valence-corrected chi connectivity index (χ2v) is 8.11. The Morgan fingerprint density at radius 2 is 1.45 bits per heavy atom. The maximum Gasteiger partial charge on any atom is 0.474 e. The van der Waals surface area contributed by atoms with Crippen molar-refractivity contribution < 1.29 is 32.5 Å². The molecule has 0 bridgehead atoms. The highest BCUT2D eigenvalue weighted by atomic mass is 31.2. The minimum atomic E-state index is -3.43. The van der Waals surface area contributed by atoms with Crippen LogP contribution in [0.2, 0.25) is 0 Å². The van der Waals surface area contributed by atoms with Gasteiger partial charge in [0.15, 0.2) is 0 Å². The van der Waals surface area contributed by atoms with Gasteiger partial charge in [-0.3, -0.25) is 28.0 Å². The van der Waals surface area contributed by atoms with Gasteiger partial charge in [0.2, 0.25) is 17.7 Å². The highest BCUT2D eigenvalue weighted by molar-refractivity contribution is 7.48. The number of amides is 3. The van der Waals surface area contributed by atoms with E-state index in [9.17, 15) is 18.9 Å². The van der Waals surface area contributed by atoms with Crippen LogP contribution in [-0.4, -0.2) is 57.7 Å². The lowest BCUT2D eigenvalue weighted by atomic mass is 10.1. The minimum Gasteiger partial charge on any atom is -0.356 e. The number of unbranched alkanes of at least 4 members (excludes halogenated alkanes) is 3. The summed E-state index contributed by atoms with van der Waals surface area (Å²) in [5, 5.41) is 8.16. The molecular weight excluding hydrogens is 401 g/mol. The van der Waals surface area contributed by atoms with Crippen molar-refractivity contribution in [2.45, 2.75) is 65.8 Å². The van der Waals surface area contributed by atoms with Crippen LogP contribution in [0, 0.1) is 0 Å². The van der Waals surface area contributed by atoms with Crippen molar-refractivity contribution in [2.24, 2.45) is 0 Å². The summed E-state index contributed by atoms with van der Waals surface area (Å²) in [4.78, 5) is 34.4. The van der Waals surface area contributed by atoms with E-state index in [1.54, 1.807) is 0 Å². The van der Waals surface area contributed by atoms with Crippen LogP contribution in [0.4, 0.5) is 0 Å². The fourth-order valence-electron chi connectivity index (χ4n) is 2.35. The predicted molar refractivity (Wildman–Crippen MR) is 111 cm³/mol. The van der Waals surface area contributed by atoms with Gasteiger partial charge in [-0.1, -0.05) is 7.43 Å². The van der Waals surface area contributed by atoms with Gasteiger partial charge in [0.1, 0.15) is 6.04 Å². The van der Waals surface area contributed by atoms with Gasteiger partial charge in [-0.15, -0.1) is 0 Å². The molecule has 0 aliphatic carbocycles. The zero-order valence-corrected chi connectivity index (χ0v) is 18.1. The molecule has 0 radical (unpaired) electrons. The molecule has 0 spiro atoms. The van der Waals surface area contributed by atoms with Gasteiger partial charge in [0, 0.05) is 41.2 Å². The topological polar surface area (TPSA) is 132 Å². The maximum absolute atomic E-state index is 12.3. The first-order valence-corrected chi connectivity index (χ1v) is 10.9. The second-order valence-electron chi connectivity index (χ2n) is 6.23. The van der Waals surface area contributed by atoms with Crippen molar-refractivity contribution in [3.8, 4) is 0 Å². The molecule has 0 saturated carbocycles. The SMILES string of the molecule is C.COP(=O)(OC)OCCCCCNC(=O)C(CCCCNC(C)=O)NC(C)=O. The Bertz CT molecular complexity index is 524. The molecule has 1 atom stereocenters. The van der Waals surface area contributed by atoms with E-state index in [0.717, 1.165) is 12.8 Å². The average Bonchev–Trinajstić information content (AvgIpc) is 2.65. The molecule has 10 nitrogen and oxygen atoms in total. The summed E-state index contributed by atoms with van der Waals surface area (Å²) in [6.07, 6.45) is 4.06. The van der Waals surface area contributed by atoms with Crippen molar-refractivity contribution >= 4 is 25.5 Å². The first-order chi connectivity index (χ1) is 13.2. The van der Waals surface area contributed by atoms with Crippen LogP contribution in [-0.2, 0) is 32.5 Å². The van der Waals surface area contributed by atoms with Gasteiger partial charge in [0.05, 0.1) is 6.61 Å². The molecule has 1 unspecified atom stereocenters. The highest BCUT2D eigenvalue weighted by Gasteiger charge is 2.22. The van der Waals surface area contributed by atoms with Crippen LogP contribution >= 0.6 is 7.82 Å². The van der Waals surface area contributed by atoms with E-state index in [-0.39, 0.29) is 31.8 Å². The Hall–Kier alpha value is -1.48. The Morgan fingerprint density at radius 1 is 0.862 bits per heavy atom. The Morgan fingerprint density at radius 3 is 2.00 bits per heavy atom. The van der Waals surface area contributed by atoms with Crippen molar-refractivity contribution in [3.05, 3.63) is 0 Å². The predicted octanol–water partition coefficient (Wildman–Crippen LogP) is 2.14. The van der Waals surface area contributed by atoms with E-state index in [0.29, 0.717) is 38.8 Å². The number of nitrogens with one attached hydrogen (secondary N) is 3.